The van der Waals surface area contributed by atoms with Crippen LogP contribution in [0.2, 0.25) is 0 Å². The van der Waals surface area contributed by atoms with Crippen molar-refractivity contribution in [1.82, 2.24) is 0 Å². The molecule has 0 N–H and O–H groups in total. The Morgan fingerprint density at radius 3 is 2.37 bits per heavy atom. The lowest BCUT2D eigenvalue weighted by Gasteiger charge is -2.29. The van der Waals surface area contributed by atoms with Crippen LogP contribution in [0.15, 0.2) is 49.6 Å². The standard InChI is InChI=1S/C15H17NO3/c1-4-9-15(10-5-2,12(3)17)13-7-6-8-14(11-13)16(18)19/h4-8,11H,1-2,9-10H2,3H3. The molecule has 1 aromatic carbocycles. The number of hydrogen-bond acceptors (Lipinski definition) is 3. The van der Waals surface area contributed by atoms with Gasteiger partial charge in [0.05, 0.1) is 10.3 Å². The van der Waals surface area contributed by atoms with Crippen molar-refractivity contribution in [3.05, 3.63) is 65.3 Å². The Bertz CT molecular complexity index is 510. The first-order valence-electron chi connectivity index (χ1n) is 5.95. The van der Waals surface area contributed by atoms with Crippen LogP contribution in [0.4, 0.5) is 5.69 Å². The first kappa shape index (κ1) is 14.8. The summed E-state index contributed by atoms with van der Waals surface area (Å²) in [6.45, 7) is 8.84. The second kappa shape index (κ2) is 6.09. The van der Waals surface area contributed by atoms with E-state index in [1.54, 1.807) is 24.3 Å². The molecule has 100 valence electrons. The minimum Gasteiger partial charge on any atom is -0.299 e. The van der Waals surface area contributed by atoms with Crippen LogP contribution in [-0.2, 0) is 10.2 Å². The Kier molecular flexibility index (Phi) is 4.75. The molecule has 0 fully saturated rings. The van der Waals surface area contributed by atoms with Crippen molar-refractivity contribution in [2.45, 2.75) is 25.2 Å². The number of ketones is 1. The van der Waals surface area contributed by atoms with Gasteiger partial charge in [-0.05, 0) is 25.3 Å². The minimum atomic E-state index is -0.810. The molecule has 0 saturated carbocycles. The maximum Gasteiger partial charge on any atom is 0.269 e. The fraction of sp³-hybridized carbons (Fsp3) is 0.267. The highest BCUT2D eigenvalue weighted by Gasteiger charge is 2.35. The van der Waals surface area contributed by atoms with E-state index in [4.69, 9.17) is 0 Å². The molecule has 0 aliphatic carbocycles. The molecule has 0 radical (unpaired) electrons. The molecule has 0 aromatic heterocycles. The summed E-state index contributed by atoms with van der Waals surface area (Å²) in [7, 11) is 0. The molecular weight excluding hydrogens is 242 g/mol. The summed E-state index contributed by atoms with van der Waals surface area (Å²) < 4.78 is 0. The molecule has 19 heavy (non-hydrogen) atoms. The van der Waals surface area contributed by atoms with Crippen LogP contribution >= 0.6 is 0 Å². The molecule has 0 spiro atoms. The highest BCUT2D eigenvalue weighted by Crippen LogP contribution is 2.35. The molecule has 0 bridgehead atoms. The summed E-state index contributed by atoms with van der Waals surface area (Å²) in [5.74, 6) is -0.0483. The van der Waals surface area contributed by atoms with E-state index in [1.807, 2.05) is 0 Å². The third kappa shape index (κ3) is 2.96. The molecule has 0 aliphatic rings. The van der Waals surface area contributed by atoms with Crippen LogP contribution in [-0.4, -0.2) is 10.7 Å². The van der Waals surface area contributed by atoms with E-state index in [0.717, 1.165) is 0 Å². The number of nitrogens with zero attached hydrogens (tertiary/aromatic N) is 1. The summed E-state index contributed by atoms with van der Waals surface area (Å²) in [5.41, 5.74) is -0.194. The molecule has 1 aromatic rings. The lowest BCUT2D eigenvalue weighted by Crippen LogP contribution is -2.33. The summed E-state index contributed by atoms with van der Waals surface area (Å²) >= 11 is 0. The summed E-state index contributed by atoms with van der Waals surface area (Å²) in [5, 5.41) is 10.8. The number of carbonyl (C=O) groups is 1. The maximum absolute atomic E-state index is 12.1. The average Bonchev–Trinajstić information content (AvgIpc) is 2.38. The Hall–Kier alpha value is -2.23. The molecule has 4 nitrogen and oxygen atoms in total. The fourth-order valence-corrected chi connectivity index (χ4v) is 2.22. The summed E-state index contributed by atoms with van der Waals surface area (Å²) in [6.07, 6.45) is 4.17. The lowest BCUT2D eigenvalue weighted by atomic mass is 9.72. The molecule has 0 atom stereocenters. The summed E-state index contributed by atoms with van der Waals surface area (Å²) in [4.78, 5) is 22.4. The normalized spacial score (nSPS) is 10.8. The Labute approximate surface area is 112 Å². The van der Waals surface area contributed by atoms with Crippen LogP contribution in [0, 0.1) is 10.1 Å². The van der Waals surface area contributed by atoms with Gasteiger partial charge in [0.15, 0.2) is 0 Å². The Balaban J connectivity index is 3.42. The van der Waals surface area contributed by atoms with Gasteiger partial charge in [-0.3, -0.25) is 14.9 Å². The van der Waals surface area contributed by atoms with Gasteiger partial charge >= 0.3 is 0 Å². The second-order valence-corrected chi connectivity index (χ2v) is 4.43. The molecule has 0 saturated heterocycles. The minimum absolute atomic E-state index is 0.0174. The predicted molar refractivity (Wildman–Crippen MR) is 75.1 cm³/mol. The van der Waals surface area contributed by atoms with Crippen LogP contribution < -0.4 is 0 Å². The van der Waals surface area contributed by atoms with Gasteiger partial charge in [0, 0.05) is 12.1 Å². The van der Waals surface area contributed by atoms with Crippen molar-refractivity contribution in [2.75, 3.05) is 0 Å². The van der Waals surface area contributed by atoms with Gasteiger partial charge in [-0.2, -0.15) is 0 Å². The van der Waals surface area contributed by atoms with Gasteiger partial charge in [0.2, 0.25) is 0 Å². The molecular formula is C15H17NO3. The number of carbonyl (C=O) groups excluding carboxylic acids is 1. The first-order valence-corrected chi connectivity index (χ1v) is 5.95. The number of hydrogen-bond donors (Lipinski definition) is 0. The van der Waals surface area contributed by atoms with E-state index < -0.39 is 10.3 Å². The monoisotopic (exact) mass is 259 g/mol. The van der Waals surface area contributed by atoms with E-state index in [9.17, 15) is 14.9 Å². The molecule has 0 amide bonds. The molecule has 0 unspecified atom stereocenters. The number of rotatable bonds is 7. The van der Waals surface area contributed by atoms with Crippen LogP contribution in [0.1, 0.15) is 25.3 Å². The third-order valence-corrected chi connectivity index (χ3v) is 3.27. The Morgan fingerprint density at radius 2 is 1.95 bits per heavy atom. The SMILES string of the molecule is C=CCC(CC=C)(C(C)=O)c1cccc([N+](=O)[O-])c1. The van der Waals surface area contributed by atoms with Crippen LogP contribution in [0.5, 0.6) is 0 Å². The van der Waals surface area contributed by atoms with E-state index in [1.165, 1.54) is 19.1 Å². The van der Waals surface area contributed by atoms with E-state index >= 15 is 0 Å². The van der Waals surface area contributed by atoms with Gasteiger partial charge < -0.3 is 0 Å². The van der Waals surface area contributed by atoms with Crippen LogP contribution in [0.25, 0.3) is 0 Å². The molecule has 4 heteroatoms. The van der Waals surface area contributed by atoms with Crippen LogP contribution in [0.3, 0.4) is 0 Å². The molecule has 0 aliphatic heterocycles. The van der Waals surface area contributed by atoms with Crippen molar-refractivity contribution in [3.8, 4) is 0 Å². The zero-order valence-corrected chi connectivity index (χ0v) is 11.0. The maximum atomic E-state index is 12.1. The summed E-state index contributed by atoms with van der Waals surface area (Å²) in [6, 6.07) is 6.20. The number of nitro benzene ring substituents is 1. The van der Waals surface area contributed by atoms with Gasteiger partial charge in [-0.25, -0.2) is 0 Å². The Morgan fingerprint density at radius 1 is 1.37 bits per heavy atom. The smallest absolute Gasteiger partial charge is 0.269 e. The van der Waals surface area contributed by atoms with E-state index in [2.05, 4.69) is 13.2 Å². The average molecular weight is 259 g/mol. The number of allylic oxidation sites excluding steroid dienone is 2. The predicted octanol–water partition coefficient (Wildman–Crippen LogP) is 3.57. The zero-order chi connectivity index (χ0) is 14.5. The zero-order valence-electron chi connectivity index (χ0n) is 11.0. The van der Waals surface area contributed by atoms with Gasteiger partial charge in [0.1, 0.15) is 5.78 Å². The van der Waals surface area contributed by atoms with Crippen molar-refractivity contribution in [1.29, 1.82) is 0 Å². The topological polar surface area (TPSA) is 60.2 Å². The van der Waals surface area contributed by atoms with Crippen molar-refractivity contribution in [2.24, 2.45) is 0 Å². The van der Waals surface area contributed by atoms with E-state index in [0.29, 0.717) is 18.4 Å². The highest BCUT2D eigenvalue weighted by atomic mass is 16.6. The second-order valence-electron chi connectivity index (χ2n) is 4.43. The van der Waals surface area contributed by atoms with Gasteiger partial charge in [-0.1, -0.05) is 24.3 Å². The van der Waals surface area contributed by atoms with Gasteiger partial charge in [-0.15, -0.1) is 13.2 Å². The first-order chi connectivity index (χ1) is 8.97. The molecule has 1 rings (SSSR count). The van der Waals surface area contributed by atoms with Gasteiger partial charge in [0.25, 0.3) is 5.69 Å². The fourth-order valence-electron chi connectivity index (χ4n) is 2.22. The van der Waals surface area contributed by atoms with Crippen molar-refractivity contribution >= 4 is 11.5 Å². The molecule has 0 heterocycles. The number of nitro groups is 1. The largest absolute Gasteiger partial charge is 0.299 e. The number of non-ortho nitro benzene ring substituents is 1. The lowest BCUT2D eigenvalue weighted by molar-refractivity contribution is -0.384. The van der Waals surface area contributed by atoms with E-state index in [-0.39, 0.29) is 11.5 Å². The highest BCUT2D eigenvalue weighted by molar-refractivity contribution is 5.88. The van der Waals surface area contributed by atoms with Crippen molar-refractivity contribution < 1.29 is 9.72 Å². The number of benzene rings is 1. The number of Topliss-reactive ketones (excluding diaryl/α,β-unsaturated/α-hetero) is 1. The quantitative estimate of drug-likeness (QED) is 0.427. The third-order valence-electron chi connectivity index (χ3n) is 3.27. The van der Waals surface area contributed by atoms with Crippen molar-refractivity contribution in [3.63, 3.8) is 0 Å².